The van der Waals surface area contributed by atoms with Crippen molar-refractivity contribution < 1.29 is 4.79 Å². The molecule has 5 heterocycles. The first kappa shape index (κ1) is 12.8. The van der Waals surface area contributed by atoms with Gasteiger partial charge < -0.3 is 14.6 Å². The van der Waals surface area contributed by atoms with E-state index >= 15 is 0 Å². The van der Waals surface area contributed by atoms with Crippen molar-refractivity contribution in [2.24, 2.45) is 5.92 Å². The van der Waals surface area contributed by atoms with Crippen molar-refractivity contribution in [1.29, 1.82) is 0 Å². The topological polar surface area (TPSA) is 49.6 Å². The second-order valence-electron chi connectivity index (χ2n) is 6.34. The molecule has 21 heavy (non-hydrogen) atoms. The molecule has 2 aromatic heterocycles. The van der Waals surface area contributed by atoms with E-state index in [0.29, 0.717) is 11.6 Å². The summed E-state index contributed by atoms with van der Waals surface area (Å²) in [4.78, 5) is 19.2. The van der Waals surface area contributed by atoms with Crippen LogP contribution in [0.5, 0.6) is 0 Å². The first-order chi connectivity index (χ1) is 10.2. The highest BCUT2D eigenvalue weighted by molar-refractivity contribution is 5.92. The second kappa shape index (κ2) is 4.84. The fraction of sp³-hybridized carbons (Fsp3) is 0.500. The first-order valence-corrected chi connectivity index (χ1v) is 7.66. The summed E-state index contributed by atoms with van der Waals surface area (Å²) in [5.41, 5.74) is 2.69. The molecular weight excluding hydrogens is 264 g/mol. The number of aromatic nitrogens is 2. The molecule has 0 aliphatic carbocycles. The van der Waals surface area contributed by atoms with Crippen molar-refractivity contribution in [1.82, 2.24) is 19.6 Å². The second-order valence-corrected chi connectivity index (χ2v) is 6.34. The summed E-state index contributed by atoms with van der Waals surface area (Å²) in [6.07, 6.45) is 8.00. The van der Waals surface area contributed by atoms with Crippen LogP contribution in [0.15, 0.2) is 24.7 Å². The van der Waals surface area contributed by atoms with Crippen molar-refractivity contribution in [2.75, 3.05) is 19.6 Å². The minimum Gasteiger partial charge on any atom is -0.346 e. The van der Waals surface area contributed by atoms with Crippen molar-refractivity contribution >= 4 is 11.4 Å². The largest absolute Gasteiger partial charge is 0.346 e. The number of nitrogens with one attached hydrogen (secondary N) is 1. The van der Waals surface area contributed by atoms with Gasteiger partial charge in [0.15, 0.2) is 0 Å². The third-order valence-electron chi connectivity index (χ3n) is 4.82. The van der Waals surface area contributed by atoms with Crippen molar-refractivity contribution in [2.45, 2.75) is 25.8 Å². The van der Waals surface area contributed by atoms with Crippen LogP contribution in [-0.2, 0) is 0 Å². The van der Waals surface area contributed by atoms with Gasteiger partial charge in [-0.25, -0.2) is 4.98 Å². The minimum absolute atomic E-state index is 0.0537. The van der Waals surface area contributed by atoms with Gasteiger partial charge >= 0.3 is 0 Å². The molecule has 0 radical (unpaired) electrons. The predicted octanol–water partition coefficient (Wildman–Crippen LogP) is 1.47. The molecule has 0 unspecified atom stereocenters. The summed E-state index contributed by atoms with van der Waals surface area (Å²) < 4.78 is 1.97. The van der Waals surface area contributed by atoms with Gasteiger partial charge in [-0.2, -0.15) is 0 Å². The zero-order chi connectivity index (χ0) is 14.4. The van der Waals surface area contributed by atoms with Gasteiger partial charge in [0.25, 0.3) is 5.91 Å². The molecule has 2 aromatic rings. The van der Waals surface area contributed by atoms with E-state index in [9.17, 15) is 4.79 Å². The summed E-state index contributed by atoms with van der Waals surface area (Å²) in [5, 5.41) is 3.18. The molecule has 0 saturated carbocycles. The Morgan fingerprint density at radius 3 is 2.86 bits per heavy atom. The number of hydrogen-bond acceptors (Lipinski definition) is 3. The monoisotopic (exact) mass is 284 g/mol. The molecule has 5 nitrogen and oxygen atoms in total. The highest BCUT2D eigenvalue weighted by Gasteiger charge is 2.35. The average molecular weight is 284 g/mol. The molecule has 0 spiro atoms. The number of carbonyl (C=O) groups is 1. The Kier molecular flexibility index (Phi) is 2.96. The Bertz CT molecular complexity index is 685. The number of piperidine rings is 3. The van der Waals surface area contributed by atoms with E-state index in [1.165, 1.54) is 31.5 Å². The van der Waals surface area contributed by atoms with Crippen LogP contribution in [0.3, 0.4) is 0 Å². The van der Waals surface area contributed by atoms with E-state index in [1.54, 1.807) is 6.20 Å². The molecule has 1 amide bonds. The Morgan fingerprint density at radius 2 is 2.14 bits per heavy atom. The molecule has 3 saturated heterocycles. The lowest BCUT2D eigenvalue weighted by molar-refractivity contribution is 0.0617. The van der Waals surface area contributed by atoms with Gasteiger partial charge in [0.1, 0.15) is 5.69 Å². The fourth-order valence-corrected chi connectivity index (χ4v) is 3.64. The normalized spacial score (nSPS) is 28.0. The zero-order valence-electron chi connectivity index (χ0n) is 12.2. The van der Waals surface area contributed by atoms with Crippen LogP contribution in [0.1, 0.15) is 28.9 Å². The highest BCUT2D eigenvalue weighted by atomic mass is 16.2. The average Bonchev–Trinajstić information content (AvgIpc) is 2.87. The number of hydrogen-bond donors (Lipinski definition) is 1. The fourth-order valence-electron chi connectivity index (χ4n) is 3.64. The number of carbonyl (C=O) groups excluding carboxylic acids is 1. The lowest BCUT2D eigenvalue weighted by atomic mass is 9.84. The number of rotatable bonds is 2. The van der Waals surface area contributed by atoms with Crippen LogP contribution in [0, 0.1) is 12.8 Å². The van der Waals surface area contributed by atoms with Crippen molar-refractivity contribution in [3.8, 4) is 0 Å². The molecule has 0 aromatic carbocycles. The molecule has 1 N–H and O–H groups in total. The van der Waals surface area contributed by atoms with E-state index in [2.05, 4.69) is 21.3 Å². The molecular formula is C16H20N4O. The van der Waals surface area contributed by atoms with Crippen LogP contribution < -0.4 is 5.32 Å². The molecule has 3 fully saturated rings. The molecule has 5 heteroatoms. The summed E-state index contributed by atoms with van der Waals surface area (Å²) in [5.74, 6) is 0.582. The van der Waals surface area contributed by atoms with Gasteiger partial charge in [-0.1, -0.05) is 0 Å². The highest BCUT2D eigenvalue weighted by Crippen LogP contribution is 2.27. The predicted molar refractivity (Wildman–Crippen MR) is 80.3 cm³/mol. The third-order valence-corrected chi connectivity index (χ3v) is 4.82. The minimum atomic E-state index is -0.0537. The quantitative estimate of drug-likeness (QED) is 0.908. The Morgan fingerprint density at radius 1 is 1.33 bits per heavy atom. The van der Waals surface area contributed by atoms with Gasteiger partial charge in [-0.15, -0.1) is 0 Å². The smallest absolute Gasteiger partial charge is 0.271 e. The van der Waals surface area contributed by atoms with Crippen LogP contribution >= 0.6 is 0 Å². The SMILES string of the molecule is Cc1cc2cnc(C(=O)N[C@H]3CN4CCC3CC4)cn2c1. The third kappa shape index (κ3) is 2.31. The van der Waals surface area contributed by atoms with Gasteiger partial charge in [0.2, 0.25) is 0 Å². The van der Waals surface area contributed by atoms with Gasteiger partial charge in [0, 0.05) is 25.0 Å². The summed E-state index contributed by atoms with van der Waals surface area (Å²) in [6, 6.07) is 2.34. The standard InChI is InChI=1S/C16H20N4O/c1-11-6-13-7-17-15(10-20(13)8-11)16(21)18-14-9-19-4-2-12(14)3-5-19/h6-8,10,12,14H,2-5,9H2,1H3,(H,18,21)/t14-/m0/s1. The number of nitrogens with zero attached hydrogens (tertiary/aromatic N) is 3. The first-order valence-electron chi connectivity index (χ1n) is 7.66. The van der Waals surface area contributed by atoms with Crippen LogP contribution in [0.4, 0.5) is 0 Å². The number of aryl methyl sites for hydroxylation is 1. The summed E-state index contributed by atoms with van der Waals surface area (Å²) in [6.45, 7) is 5.40. The Hall–Kier alpha value is -1.88. The van der Waals surface area contributed by atoms with E-state index in [4.69, 9.17) is 0 Å². The van der Waals surface area contributed by atoms with Crippen LogP contribution in [0.2, 0.25) is 0 Å². The molecule has 110 valence electrons. The van der Waals surface area contributed by atoms with Gasteiger partial charge in [-0.3, -0.25) is 4.79 Å². The Balaban J connectivity index is 1.53. The molecule has 1 atom stereocenters. The van der Waals surface area contributed by atoms with E-state index in [1.807, 2.05) is 23.7 Å². The number of fused-ring (bicyclic) bond motifs is 4. The Labute approximate surface area is 124 Å². The van der Waals surface area contributed by atoms with Crippen LogP contribution in [-0.4, -0.2) is 45.9 Å². The lowest BCUT2D eigenvalue weighted by Gasteiger charge is -2.44. The lowest BCUT2D eigenvalue weighted by Crippen LogP contribution is -2.57. The maximum Gasteiger partial charge on any atom is 0.271 e. The van der Waals surface area contributed by atoms with E-state index in [-0.39, 0.29) is 11.9 Å². The van der Waals surface area contributed by atoms with Crippen molar-refractivity contribution in [3.63, 3.8) is 0 Å². The van der Waals surface area contributed by atoms with Crippen LogP contribution in [0.25, 0.3) is 5.52 Å². The van der Waals surface area contributed by atoms with Gasteiger partial charge in [0.05, 0.1) is 11.7 Å². The maximum atomic E-state index is 12.4. The molecule has 3 aliphatic heterocycles. The van der Waals surface area contributed by atoms with Gasteiger partial charge in [-0.05, 0) is 50.4 Å². The van der Waals surface area contributed by atoms with E-state index in [0.717, 1.165) is 12.1 Å². The molecule has 3 aliphatic rings. The summed E-state index contributed by atoms with van der Waals surface area (Å²) >= 11 is 0. The zero-order valence-corrected chi connectivity index (χ0v) is 12.2. The molecule has 5 rings (SSSR count). The van der Waals surface area contributed by atoms with E-state index < -0.39 is 0 Å². The summed E-state index contributed by atoms with van der Waals surface area (Å²) in [7, 11) is 0. The van der Waals surface area contributed by atoms with Crippen molar-refractivity contribution in [3.05, 3.63) is 35.9 Å². The maximum absolute atomic E-state index is 12.4. The molecule has 2 bridgehead atoms. The number of amides is 1.